The summed E-state index contributed by atoms with van der Waals surface area (Å²) in [6.07, 6.45) is 2.75. The summed E-state index contributed by atoms with van der Waals surface area (Å²) >= 11 is 0. The minimum atomic E-state index is -0.290. The zero-order chi connectivity index (χ0) is 15.7. The van der Waals surface area contributed by atoms with Crippen LogP contribution < -0.4 is 0 Å². The first-order chi connectivity index (χ1) is 10.5. The monoisotopic (exact) mass is 297 g/mol. The first-order valence-electron chi connectivity index (χ1n) is 8.47. The van der Waals surface area contributed by atoms with Gasteiger partial charge in [0.15, 0.2) is 0 Å². The number of aliphatic hydroxyl groups excluding tert-OH is 1. The molecule has 3 rings (SSSR count). The smallest absolute Gasteiger partial charge is 0.0810 e. The molecule has 1 N–H and O–H groups in total. The van der Waals surface area contributed by atoms with E-state index in [1.54, 1.807) is 0 Å². The number of nitrogens with zero attached hydrogens (tertiary/aromatic N) is 1. The second kappa shape index (κ2) is 6.29. The van der Waals surface area contributed by atoms with E-state index in [0.717, 1.165) is 25.8 Å². The van der Waals surface area contributed by atoms with Gasteiger partial charge in [0, 0.05) is 23.5 Å². The molecule has 1 aromatic carbocycles. The maximum absolute atomic E-state index is 10.5. The summed E-state index contributed by atoms with van der Waals surface area (Å²) < 4.78 is 2.46. The number of aliphatic hydroxyl groups is 1. The molecule has 0 radical (unpaired) electrons. The van der Waals surface area contributed by atoms with Crippen molar-refractivity contribution in [3.05, 3.63) is 58.9 Å². The van der Waals surface area contributed by atoms with Gasteiger partial charge in [0.25, 0.3) is 0 Å². The molecule has 0 aliphatic heterocycles. The standard InChI is InChI=1S/C20H27NO/c1-14(2)9-17-12-18-19(10-15(3)11-20(18)22)21(17)13-16-7-5-4-6-8-16/h4-8,12,14-15,20,22H,9-11,13H2,1-3H3. The Kier molecular flexibility index (Phi) is 4.39. The lowest BCUT2D eigenvalue weighted by Gasteiger charge is -2.25. The van der Waals surface area contributed by atoms with Crippen LogP contribution in [-0.2, 0) is 19.4 Å². The van der Waals surface area contributed by atoms with Crippen LogP contribution in [0.3, 0.4) is 0 Å². The summed E-state index contributed by atoms with van der Waals surface area (Å²) in [4.78, 5) is 0. The molecule has 1 heterocycles. The molecular formula is C20H27NO. The van der Waals surface area contributed by atoms with E-state index in [4.69, 9.17) is 0 Å². The lowest BCUT2D eigenvalue weighted by Crippen LogP contribution is -2.19. The van der Waals surface area contributed by atoms with Gasteiger partial charge >= 0.3 is 0 Å². The molecule has 0 saturated carbocycles. The van der Waals surface area contributed by atoms with E-state index < -0.39 is 0 Å². The van der Waals surface area contributed by atoms with Gasteiger partial charge in [-0.1, -0.05) is 51.1 Å². The third-order valence-corrected chi connectivity index (χ3v) is 4.66. The van der Waals surface area contributed by atoms with Crippen LogP contribution in [0.1, 0.15) is 55.8 Å². The number of rotatable bonds is 4. The van der Waals surface area contributed by atoms with Crippen molar-refractivity contribution in [1.82, 2.24) is 4.57 Å². The third kappa shape index (κ3) is 3.12. The van der Waals surface area contributed by atoms with Crippen molar-refractivity contribution in [2.45, 2.75) is 52.7 Å². The Morgan fingerprint density at radius 2 is 1.95 bits per heavy atom. The maximum atomic E-state index is 10.5. The maximum Gasteiger partial charge on any atom is 0.0810 e. The summed E-state index contributed by atoms with van der Waals surface area (Å²) in [5.74, 6) is 1.18. The van der Waals surface area contributed by atoms with Crippen LogP contribution in [0.25, 0.3) is 0 Å². The highest BCUT2D eigenvalue weighted by Gasteiger charge is 2.28. The van der Waals surface area contributed by atoms with Crippen LogP contribution in [0.2, 0.25) is 0 Å². The van der Waals surface area contributed by atoms with Gasteiger partial charge in [-0.25, -0.2) is 0 Å². The second-order valence-electron chi connectivity index (χ2n) is 7.27. The number of aromatic nitrogens is 1. The Balaban J connectivity index is 2.01. The van der Waals surface area contributed by atoms with E-state index in [2.05, 4.69) is 61.7 Å². The van der Waals surface area contributed by atoms with Gasteiger partial charge in [0.05, 0.1) is 6.10 Å². The van der Waals surface area contributed by atoms with E-state index in [1.807, 2.05) is 0 Å². The van der Waals surface area contributed by atoms with Gasteiger partial charge in [-0.3, -0.25) is 0 Å². The highest BCUT2D eigenvalue weighted by molar-refractivity contribution is 5.34. The van der Waals surface area contributed by atoms with Crippen molar-refractivity contribution in [3.8, 4) is 0 Å². The van der Waals surface area contributed by atoms with Crippen molar-refractivity contribution >= 4 is 0 Å². The molecule has 1 aromatic heterocycles. The fourth-order valence-corrected chi connectivity index (χ4v) is 3.66. The van der Waals surface area contributed by atoms with Crippen LogP contribution >= 0.6 is 0 Å². The van der Waals surface area contributed by atoms with Gasteiger partial charge in [-0.05, 0) is 42.7 Å². The fraction of sp³-hybridized carbons (Fsp3) is 0.500. The summed E-state index contributed by atoms with van der Waals surface area (Å²) in [6, 6.07) is 12.9. The van der Waals surface area contributed by atoms with E-state index in [-0.39, 0.29) is 6.10 Å². The number of fused-ring (bicyclic) bond motifs is 1. The van der Waals surface area contributed by atoms with Gasteiger partial charge < -0.3 is 9.67 Å². The summed E-state index contributed by atoms with van der Waals surface area (Å²) in [5.41, 5.74) is 5.23. The topological polar surface area (TPSA) is 25.2 Å². The molecule has 2 heteroatoms. The van der Waals surface area contributed by atoms with E-state index in [0.29, 0.717) is 11.8 Å². The van der Waals surface area contributed by atoms with Crippen LogP contribution in [0.5, 0.6) is 0 Å². The minimum absolute atomic E-state index is 0.290. The van der Waals surface area contributed by atoms with Gasteiger partial charge in [-0.15, -0.1) is 0 Å². The average molecular weight is 297 g/mol. The zero-order valence-electron chi connectivity index (χ0n) is 13.9. The third-order valence-electron chi connectivity index (χ3n) is 4.66. The zero-order valence-corrected chi connectivity index (χ0v) is 13.9. The molecule has 0 saturated heterocycles. The molecule has 0 fully saturated rings. The summed E-state index contributed by atoms with van der Waals surface area (Å²) in [5, 5.41) is 10.5. The number of hydrogen-bond donors (Lipinski definition) is 1. The molecule has 22 heavy (non-hydrogen) atoms. The Bertz CT molecular complexity index is 627. The Labute approximate surface area is 133 Å². The second-order valence-corrected chi connectivity index (χ2v) is 7.27. The Hall–Kier alpha value is -1.54. The first-order valence-corrected chi connectivity index (χ1v) is 8.47. The summed E-state index contributed by atoms with van der Waals surface area (Å²) in [7, 11) is 0. The van der Waals surface area contributed by atoms with Crippen LogP contribution in [0.15, 0.2) is 36.4 Å². The molecule has 2 unspecified atom stereocenters. The first kappa shape index (κ1) is 15.4. The van der Waals surface area contributed by atoms with Gasteiger partial charge in [0.1, 0.15) is 0 Å². The molecule has 0 spiro atoms. The molecule has 2 atom stereocenters. The van der Waals surface area contributed by atoms with Crippen molar-refractivity contribution in [2.24, 2.45) is 11.8 Å². The normalized spacial score (nSPS) is 21.1. The Morgan fingerprint density at radius 1 is 1.23 bits per heavy atom. The molecule has 118 valence electrons. The fourth-order valence-electron chi connectivity index (χ4n) is 3.66. The molecule has 2 aromatic rings. The highest BCUT2D eigenvalue weighted by Crippen LogP contribution is 2.36. The molecular weight excluding hydrogens is 270 g/mol. The lowest BCUT2D eigenvalue weighted by molar-refractivity contribution is 0.135. The largest absolute Gasteiger partial charge is 0.388 e. The summed E-state index contributed by atoms with van der Waals surface area (Å²) in [6.45, 7) is 7.68. The number of benzene rings is 1. The SMILES string of the molecule is CC(C)Cc1cc2c(n1Cc1ccccc1)CC(C)CC2O. The van der Waals surface area contributed by atoms with Crippen molar-refractivity contribution in [2.75, 3.05) is 0 Å². The molecule has 0 bridgehead atoms. The number of hydrogen-bond acceptors (Lipinski definition) is 1. The van der Waals surface area contributed by atoms with Crippen molar-refractivity contribution in [3.63, 3.8) is 0 Å². The van der Waals surface area contributed by atoms with Crippen LogP contribution in [-0.4, -0.2) is 9.67 Å². The molecule has 1 aliphatic rings. The quantitative estimate of drug-likeness (QED) is 0.891. The van der Waals surface area contributed by atoms with Crippen LogP contribution in [0.4, 0.5) is 0 Å². The molecule has 2 nitrogen and oxygen atoms in total. The van der Waals surface area contributed by atoms with E-state index in [1.165, 1.54) is 22.5 Å². The molecule has 1 aliphatic carbocycles. The Morgan fingerprint density at radius 3 is 2.64 bits per heavy atom. The van der Waals surface area contributed by atoms with Crippen LogP contribution in [0, 0.1) is 11.8 Å². The van der Waals surface area contributed by atoms with E-state index in [9.17, 15) is 5.11 Å². The average Bonchev–Trinajstić information content (AvgIpc) is 2.78. The predicted octanol–water partition coefficient (Wildman–Crippen LogP) is 4.35. The predicted molar refractivity (Wildman–Crippen MR) is 91.0 cm³/mol. The lowest BCUT2D eigenvalue weighted by atomic mass is 9.87. The highest BCUT2D eigenvalue weighted by atomic mass is 16.3. The minimum Gasteiger partial charge on any atom is -0.388 e. The van der Waals surface area contributed by atoms with Gasteiger partial charge in [0.2, 0.25) is 0 Å². The van der Waals surface area contributed by atoms with Crippen molar-refractivity contribution in [1.29, 1.82) is 0 Å². The van der Waals surface area contributed by atoms with E-state index >= 15 is 0 Å². The molecule has 0 amide bonds. The van der Waals surface area contributed by atoms with Gasteiger partial charge in [-0.2, -0.15) is 0 Å². The van der Waals surface area contributed by atoms with Crippen molar-refractivity contribution < 1.29 is 5.11 Å².